The fraction of sp³-hybridized carbons (Fsp3) is 0.600. The van der Waals surface area contributed by atoms with Gasteiger partial charge in [0.05, 0.1) is 30.9 Å². The Balaban J connectivity index is 1.43. The number of carbonyl (C=O) groups is 1. The van der Waals surface area contributed by atoms with Crippen LogP contribution in [0.15, 0.2) is 24.8 Å². The summed E-state index contributed by atoms with van der Waals surface area (Å²) in [6.45, 7) is 2.24. The van der Waals surface area contributed by atoms with E-state index >= 15 is 0 Å². The summed E-state index contributed by atoms with van der Waals surface area (Å²) in [7, 11) is 3.83. The van der Waals surface area contributed by atoms with Gasteiger partial charge in [-0.3, -0.25) is 9.48 Å². The van der Waals surface area contributed by atoms with Crippen LogP contribution in [0.2, 0.25) is 0 Å². The summed E-state index contributed by atoms with van der Waals surface area (Å²) in [5, 5.41) is 36.2. The molecule has 0 aromatic carbocycles. The third-order valence-corrected chi connectivity index (χ3v) is 7.51. The average Bonchev–Trinajstić information content (AvgIpc) is 3.61. The third kappa shape index (κ3) is 5.35. The monoisotopic (exact) mass is 544 g/mol. The van der Waals surface area contributed by atoms with Crippen molar-refractivity contribution in [1.82, 2.24) is 34.1 Å². The number of aliphatic hydroxyl groups excluding tert-OH is 3. The SMILES string of the molecule is CN1CCC(N(CCOCCO)C(=O)[C@H]2O[C@@H](n3cc(-c4ccn(C)n4)c4c(N)ncnc43)[C@H](O)[C@@H]2O)CC1. The van der Waals surface area contributed by atoms with Gasteiger partial charge in [-0.15, -0.1) is 0 Å². The van der Waals surface area contributed by atoms with E-state index in [-0.39, 0.29) is 38.2 Å². The highest BCUT2D eigenvalue weighted by atomic mass is 16.6. The van der Waals surface area contributed by atoms with E-state index in [1.807, 2.05) is 13.1 Å². The van der Waals surface area contributed by atoms with Crippen LogP contribution in [-0.2, 0) is 21.3 Å². The van der Waals surface area contributed by atoms with E-state index in [0.717, 1.165) is 25.9 Å². The zero-order chi connectivity index (χ0) is 27.7. The summed E-state index contributed by atoms with van der Waals surface area (Å²) in [5.74, 6) is -0.182. The van der Waals surface area contributed by atoms with Crippen molar-refractivity contribution in [3.63, 3.8) is 0 Å². The number of likely N-dealkylation sites (tertiary alicyclic amines) is 1. The first-order valence-corrected chi connectivity index (χ1v) is 13.1. The molecule has 3 aromatic heterocycles. The van der Waals surface area contributed by atoms with Crippen molar-refractivity contribution in [2.45, 2.75) is 43.4 Å². The van der Waals surface area contributed by atoms with Gasteiger partial charge in [0.1, 0.15) is 30.0 Å². The summed E-state index contributed by atoms with van der Waals surface area (Å²) >= 11 is 0. The molecule has 0 aliphatic carbocycles. The van der Waals surface area contributed by atoms with Crippen molar-refractivity contribution in [2.75, 3.05) is 52.2 Å². The van der Waals surface area contributed by atoms with E-state index in [1.54, 1.807) is 33.6 Å². The average molecular weight is 545 g/mol. The normalized spacial score (nSPS) is 24.5. The van der Waals surface area contributed by atoms with Crippen molar-refractivity contribution >= 4 is 22.8 Å². The zero-order valence-corrected chi connectivity index (χ0v) is 22.1. The number of rotatable bonds is 9. The fourth-order valence-corrected chi connectivity index (χ4v) is 5.42. The number of ether oxygens (including phenoxy) is 2. The fourth-order valence-electron chi connectivity index (χ4n) is 5.42. The van der Waals surface area contributed by atoms with E-state index in [4.69, 9.17) is 20.3 Å². The number of hydrogen-bond donors (Lipinski definition) is 4. The minimum absolute atomic E-state index is 0.0610. The van der Waals surface area contributed by atoms with E-state index in [2.05, 4.69) is 20.0 Å². The van der Waals surface area contributed by atoms with Gasteiger partial charge < -0.3 is 44.9 Å². The second-order valence-corrected chi connectivity index (χ2v) is 10.1. The number of anilines is 1. The number of nitrogen functional groups attached to an aromatic ring is 1. The second kappa shape index (κ2) is 11.5. The number of amides is 1. The molecule has 2 aliphatic rings. The van der Waals surface area contributed by atoms with Gasteiger partial charge in [-0.1, -0.05) is 0 Å². The molecule has 212 valence electrons. The Bertz CT molecular complexity index is 1290. The predicted octanol–water partition coefficient (Wildman–Crippen LogP) is -1.04. The number of carbonyl (C=O) groups excluding carboxylic acids is 1. The highest BCUT2D eigenvalue weighted by Crippen LogP contribution is 2.38. The van der Waals surface area contributed by atoms with Crippen molar-refractivity contribution in [3.8, 4) is 11.3 Å². The Kier molecular flexibility index (Phi) is 8.11. The lowest BCUT2D eigenvalue weighted by atomic mass is 10.0. The van der Waals surface area contributed by atoms with Gasteiger partial charge in [-0.2, -0.15) is 5.10 Å². The maximum Gasteiger partial charge on any atom is 0.254 e. The molecule has 0 saturated carbocycles. The molecule has 2 aliphatic heterocycles. The largest absolute Gasteiger partial charge is 0.394 e. The molecule has 2 fully saturated rings. The molecular formula is C25H36N8O6. The Labute approximate surface area is 225 Å². The van der Waals surface area contributed by atoms with Gasteiger partial charge in [-0.25, -0.2) is 9.97 Å². The van der Waals surface area contributed by atoms with Gasteiger partial charge >= 0.3 is 0 Å². The number of hydrogen-bond acceptors (Lipinski definition) is 11. The zero-order valence-electron chi connectivity index (χ0n) is 22.1. The molecule has 0 bridgehead atoms. The van der Waals surface area contributed by atoms with Crippen LogP contribution in [0.4, 0.5) is 5.82 Å². The summed E-state index contributed by atoms with van der Waals surface area (Å²) in [6.07, 6.45) is 1.06. The van der Waals surface area contributed by atoms with E-state index in [1.165, 1.54) is 6.33 Å². The molecule has 2 saturated heterocycles. The van der Waals surface area contributed by atoms with Crippen LogP contribution in [0.5, 0.6) is 0 Å². The van der Waals surface area contributed by atoms with Crippen molar-refractivity contribution in [1.29, 1.82) is 0 Å². The summed E-state index contributed by atoms with van der Waals surface area (Å²) < 4.78 is 14.8. The molecule has 3 aromatic rings. The van der Waals surface area contributed by atoms with Gasteiger partial charge in [0, 0.05) is 37.6 Å². The topological polar surface area (TPSA) is 177 Å². The Hall–Kier alpha value is -3.14. The van der Waals surface area contributed by atoms with Crippen LogP contribution < -0.4 is 5.73 Å². The van der Waals surface area contributed by atoms with Crippen molar-refractivity contribution in [3.05, 3.63) is 24.8 Å². The first-order valence-electron chi connectivity index (χ1n) is 13.1. The first kappa shape index (κ1) is 27.4. The summed E-state index contributed by atoms with van der Waals surface area (Å²) in [6, 6.07) is 1.76. The number of piperidine rings is 1. The Morgan fingerprint density at radius 1 is 1.21 bits per heavy atom. The highest BCUT2D eigenvalue weighted by molar-refractivity contribution is 5.99. The minimum atomic E-state index is -1.47. The molecule has 5 N–H and O–H groups in total. The van der Waals surface area contributed by atoms with Crippen LogP contribution in [0.1, 0.15) is 19.1 Å². The standard InChI is InChI=1S/C25H36N8O6/c1-30-6-3-15(4-7-30)32(9-11-38-12-10-34)24(37)21-19(35)20(36)25(39-21)33-13-16(17-5-8-31(2)29-17)18-22(26)27-14-28-23(18)33/h5,8,13-15,19-21,25,34-36H,3-4,6-7,9-12H2,1-2H3,(H2,26,27,28)/t19-,20+,21-,25+/m0/s1. The van der Waals surface area contributed by atoms with E-state index < -0.39 is 30.4 Å². The lowest BCUT2D eigenvalue weighted by Crippen LogP contribution is -2.53. The van der Waals surface area contributed by atoms with Gasteiger partial charge in [0.25, 0.3) is 5.91 Å². The third-order valence-electron chi connectivity index (χ3n) is 7.51. The van der Waals surface area contributed by atoms with Gasteiger partial charge in [0.15, 0.2) is 12.3 Å². The number of nitrogens with zero attached hydrogens (tertiary/aromatic N) is 7. The predicted molar refractivity (Wildman–Crippen MR) is 140 cm³/mol. The van der Waals surface area contributed by atoms with E-state index in [9.17, 15) is 15.0 Å². The Morgan fingerprint density at radius 3 is 2.67 bits per heavy atom. The summed E-state index contributed by atoms with van der Waals surface area (Å²) in [5.41, 5.74) is 7.86. The van der Waals surface area contributed by atoms with Crippen LogP contribution in [-0.4, -0.2) is 126 Å². The second-order valence-electron chi connectivity index (χ2n) is 10.1. The Morgan fingerprint density at radius 2 is 1.97 bits per heavy atom. The molecule has 14 nitrogen and oxygen atoms in total. The van der Waals surface area contributed by atoms with Crippen LogP contribution in [0.25, 0.3) is 22.3 Å². The quantitative estimate of drug-likeness (QED) is 0.242. The first-order chi connectivity index (χ1) is 18.8. The van der Waals surface area contributed by atoms with Gasteiger partial charge in [-0.05, 0) is 39.0 Å². The molecule has 0 spiro atoms. The van der Waals surface area contributed by atoms with Crippen molar-refractivity contribution < 1.29 is 29.6 Å². The smallest absolute Gasteiger partial charge is 0.254 e. The number of aromatic nitrogens is 5. The van der Waals surface area contributed by atoms with Gasteiger partial charge in [0.2, 0.25) is 0 Å². The molecule has 1 amide bonds. The number of aliphatic hydroxyl groups is 3. The number of aryl methyl sites for hydroxylation is 1. The molecule has 0 radical (unpaired) electrons. The lowest BCUT2D eigenvalue weighted by molar-refractivity contribution is -0.153. The highest BCUT2D eigenvalue weighted by Gasteiger charge is 2.49. The number of nitrogens with two attached hydrogens (primary N) is 1. The molecular weight excluding hydrogens is 508 g/mol. The lowest BCUT2D eigenvalue weighted by Gasteiger charge is -2.38. The molecule has 14 heteroatoms. The minimum Gasteiger partial charge on any atom is -0.394 e. The molecule has 5 rings (SSSR count). The van der Waals surface area contributed by atoms with Crippen molar-refractivity contribution in [2.24, 2.45) is 7.05 Å². The van der Waals surface area contributed by atoms with Crippen LogP contribution in [0, 0.1) is 0 Å². The maximum atomic E-state index is 13.8. The summed E-state index contributed by atoms with van der Waals surface area (Å²) in [4.78, 5) is 26.2. The molecule has 5 heterocycles. The van der Waals surface area contributed by atoms with Crippen LogP contribution in [0.3, 0.4) is 0 Å². The maximum absolute atomic E-state index is 13.8. The molecule has 4 atom stereocenters. The number of fused-ring (bicyclic) bond motifs is 1. The van der Waals surface area contributed by atoms with E-state index in [0.29, 0.717) is 22.3 Å². The molecule has 0 unspecified atom stereocenters. The van der Waals surface area contributed by atoms with Crippen LogP contribution >= 0.6 is 0 Å². The molecule has 39 heavy (non-hydrogen) atoms.